The van der Waals surface area contributed by atoms with E-state index >= 15 is 0 Å². The van der Waals surface area contributed by atoms with E-state index in [4.69, 9.17) is 0 Å². The second-order valence-corrected chi connectivity index (χ2v) is 6.87. The first-order valence-electron chi connectivity index (χ1n) is 7.77. The van der Waals surface area contributed by atoms with Gasteiger partial charge in [0, 0.05) is 13.1 Å². The summed E-state index contributed by atoms with van der Waals surface area (Å²) < 4.78 is 40.5. The maximum atomic E-state index is 12.8. The van der Waals surface area contributed by atoms with E-state index in [1.807, 2.05) is 24.3 Å². The van der Waals surface area contributed by atoms with Crippen LogP contribution in [0.2, 0.25) is 0 Å². The topological polar surface area (TPSA) is 75.9 Å². The van der Waals surface area contributed by atoms with E-state index in [1.165, 1.54) is 11.3 Å². The van der Waals surface area contributed by atoms with Gasteiger partial charge in [0.05, 0.1) is 23.3 Å². The number of anilines is 1. The Morgan fingerprint density at radius 3 is 2.81 bits per heavy atom. The molecule has 136 valence electrons. The molecule has 3 heterocycles. The number of amides is 1. The van der Waals surface area contributed by atoms with Gasteiger partial charge in [-0.1, -0.05) is 23.5 Å². The molecule has 3 aromatic rings. The van der Waals surface area contributed by atoms with Crippen LogP contribution in [0.4, 0.5) is 18.3 Å². The van der Waals surface area contributed by atoms with Gasteiger partial charge in [-0.15, -0.1) is 10.2 Å². The van der Waals surface area contributed by atoms with Crippen molar-refractivity contribution in [1.29, 1.82) is 0 Å². The van der Waals surface area contributed by atoms with E-state index in [-0.39, 0.29) is 31.4 Å². The van der Waals surface area contributed by atoms with Crippen LogP contribution < -0.4 is 5.32 Å². The normalized spacial score (nSPS) is 15.2. The molecule has 7 nitrogen and oxygen atoms in total. The number of para-hydroxylation sites is 1. The number of benzene rings is 1. The smallest absolute Gasteiger partial charge is 0.305 e. The van der Waals surface area contributed by atoms with Gasteiger partial charge in [0.15, 0.2) is 5.13 Å². The van der Waals surface area contributed by atoms with Gasteiger partial charge in [-0.25, -0.2) is 4.98 Å². The summed E-state index contributed by atoms with van der Waals surface area (Å²) in [4.78, 5) is 18.3. The maximum Gasteiger partial charge on any atom is 0.451 e. The van der Waals surface area contributed by atoms with E-state index in [2.05, 4.69) is 20.5 Å². The fraction of sp³-hybridized carbons (Fsp3) is 0.333. The van der Waals surface area contributed by atoms with Crippen molar-refractivity contribution in [3.8, 4) is 0 Å². The molecule has 1 amide bonds. The fourth-order valence-corrected chi connectivity index (χ4v) is 3.72. The summed E-state index contributed by atoms with van der Waals surface area (Å²) in [6.07, 6.45) is -4.53. The average molecular weight is 382 g/mol. The van der Waals surface area contributed by atoms with Crippen LogP contribution in [0.25, 0.3) is 10.2 Å². The molecule has 0 bridgehead atoms. The van der Waals surface area contributed by atoms with Crippen LogP contribution in [-0.2, 0) is 24.1 Å². The third kappa shape index (κ3) is 3.27. The lowest BCUT2D eigenvalue weighted by Gasteiger charge is -2.27. The minimum absolute atomic E-state index is 0.0458. The SMILES string of the molecule is O=C(CN1CCn2c(nnc2C(F)(F)F)C1)Nc1nc2ccccc2s1. The van der Waals surface area contributed by atoms with Crippen LogP contribution in [0.5, 0.6) is 0 Å². The number of rotatable bonds is 3. The average Bonchev–Trinajstić information content (AvgIpc) is 3.16. The first-order valence-corrected chi connectivity index (χ1v) is 8.59. The Balaban J connectivity index is 1.40. The molecule has 0 radical (unpaired) electrons. The summed E-state index contributed by atoms with van der Waals surface area (Å²) in [5.41, 5.74) is 0.804. The second kappa shape index (κ2) is 6.32. The molecule has 0 aliphatic carbocycles. The van der Waals surface area contributed by atoms with Crippen molar-refractivity contribution in [3.63, 3.8) is 0 Å². The van der Waals surface area contributed by atoms with Crippen LogP contribution in [0.3, 0.4) is 0 Å². The summed E-state index contributed by atoms with van der Waals surface area (Å²) in [5, 5.41) is 10.1. The number of aromatic nitrogens is 4. The molecule has 0 spiro atoms. The van der Waals surface area contributed by atoms with Gasteiger partial charge in [-0.3, -0.25) is 9.69 Å². The van der Waals surface area contributed by atoms with Gasteiger partial charge >= 0.3 is 6.18 Å². The summed E-state index contributed by atoms with van der Waals surface area (Å²) >= 11 is 1.37. The van der Waals surface area contributed by atoms with E-state index in [9.17, 15) is 18.0 Å². The molecular formula is C15H13F3N6OS. The minimum Gasteiger partial charge on any atom is -0.305 e. The molecule has 1 aliphatic heterocycles. The van der Waals surface area contributed by atoms with Gasteiger partial charge in [-0.05, 0) is 12.1 Å². The second-order valence-electron chi connectivity index (χ2n) is 5.83. The predicted octanol–water partition coefficient (Wildman–Crippen LogP) is 2.36. The zero-order valence-electron chi connectivity index (χ0n) is 13.3. The lowest BCUT2D eigenvalue weighted by Crippen LogP contribution is -2.39. The number of nitrogens with zero attached hydrogens (tertiary/aromatic N) is 5. The lowest BCUT2D eigenvalue weighted by atomic mass is 10.3. The molecule has 0 atom stereocenters. The Labute approximate surface area is 149 Å². The summed E-state index contributed by atoms with van der Waals surface area (Å²) in [7, 11) is 0. The third-order valence-corrected chi connectivity index (χ3v) is 4.95. The molecule has 11 heteroatoms. The molecule has 2 aromatic heterocycles. The Morgan fingerprint density at radius 2 is 2.04 bits per heavy atom. The first kappa shape index (κ1) is 16.9. The highest BCUT2D eigenvalue weighted by atomic mass is 32.1. The predicted molar refractivity (Wildman–Crippen MR) is 88.6 cm³/mol. The van der Waals surface area contributed by atoms with Gasteiger partial charge in [-0.2, -0.15) is 13.2 Å². The highest BCUT2D eigenvalue weighted by molar-refractivity contribution is 7.22. The minimum atomic E-state index is -4.53. The number of fused-ring (bicyclic) bond motifs is 2. The molecule has 26 heavy (non-hydrogen) atoms. The number of nitrogens with one attached hydrogen (secondary N) is 1. The molecule has 4 rings (SSSR count). The van der Waals surface area contributed by atoms with Crippen molar-refractivity contribution >= 4 is 32.6 Å². The van der Waals surface area contributed by atoms with E-state index < -0.39 is 12.0 Å². The number of thiazole rings is 1. The molecule has 1 aromatic carbocycles. The molecule has 0 saturated heterocycles. The molecule has 1 N–H and O–H groups in total. The number of hydrogen-bond acceptors (Lipinski definition) is 6. The van der Waals surface area contributed by atoms with Gasteiger partial charge in [0.2, 0.25) is 11.7 Å². The first-order chi connectivity index (χ1) is 12.4. The Hall–Kier alpha value is -2.53. The van der Waals surface area contributed by atoms with E-state index in [1.54, 1.807) is 4.90 Å². The van der Waals surface area contributed by atoms with Crippen molar-refractivity contribution in [2.45, 2.75) is 19.3 Å². The number of alkyl halides is 3. The van der Waals surface area contributed by atoms with Crippen molar-refractivity contribution in [2.24, 2.45) is 0 Å². The summed E-state index contributed by atoms with van der Waals surface area (Å²) in [5.74, 6) is -1.06. The van der Waals surface area contributed by atoms with Gasteiger partial charge in [0.25, 0.3) is 0 Å². The zero-order valence-corrected chi connectivity index (χ0v) is 14.1. The van der Waals surface area contributed by atoms with Crippen molar-refractivity contribution in [2.75, 3.05) is 18.4 Å². The number of carbonyl (C=O) groups is 1. The van der Waals surface area contributed by atoms with Crippen molar-refractivity contribution in [3.05, 3.63) is 35.9 Å². The quantitative estimate of drug-likeness (QED) is 0.753. The molecular weight excluding hydrogens is 369 g/mol. The van der Waals surface area contributed by atoms with Crippen LogP contribution in [0, 0.1) is 0 Å². The van der Waals surface area contributed by atoms with Crippen LogP contribution in [0.1, 0.15) is 11.6 Å². The number of carbonyl (C=O) groups excluding carboxylic acids is 1. The van der Waals surface area contributed by atoms with Crippen molar-refractivity contribution < 1.29 is 18.0 Å². The molecule has 0 fully saturated rings. The van der Waals surface area contributed by atoms with Gasteiger partial charge in [0.1, 0.15) is 5.82 Å². The standard InChI is InChI=1S/C15H13F3N6OS/c16-15(17,18)13-22-21-11-7-23(5-6-24(11)13)8-12(25)20-14-19-9-3-1-2-4-10(9)26-14/h1-4H,5-8H2,(H,19,20,25). The third-order valence-electron chi connectivity index (χ3n) is 3.99. The zero-order chi connectivity index (χ0) is 18.3. The monoisotopic (exact) mass is 382 g/mol. The Bertz CT molecular complexity index is 933. The highest BCUT2D eigenvalue weighted by Crippen LogP contribution is 2.29. The lowest BCUT2D eigenvalue weighted by molar-refractivity contribution is -0.148. The molecule has 1 aliphatic rings. The fourth-order valence-electron chi connectivity index (χ4n) is 2.84. The Kier molecular flexibility index (Phi) is 4.11. The van der Waals surface area contributed by atoms with Gasteiger partial charge < -0.3 is 9.88 Å². The van der Waals surface area contributed by atoms with Crippen molar-refractivity contribution in [1.82, 2.24) is 24.6 Å². The van der Waals surface area contributed by atoms with E-state index in [0.717, 1.165) is 14.8 Å². The Morgan fingerprint density at radius 1 is 1.23 bits per heavy atom. The number of hydrogen-bond donors (Lipinski definition) is 1. The number of halogens is 3. The van der Waals surface area contributed by atoms with Crippen LogP contribution in [-0.4, -0.2) is 43.6 Å². The highest BCUT2D eigenvalue weighted by Gasteiger charge is 2.39. The molecule has 0 unspecified atom stereocenters. The van der Waals surface area contributed by atoms with Crippen LogP contribution >= 0.6 is 11.3 Å². The summed E-state index contributed by atoms with van der Waals surface area (Å²) in [6.45, 7) is 0.577. The maximum absolute atomic E-state index is 12.8. The molecule has 0 saturated carbocycles. The summed E-state index contributed by atoms with van der Waals surface area (Å²) in [6, 6.07) is 7.54. The largest absolute Gasteiger partial charge is 0.451 e. The van der Waals surface area contributed by atoms with E-state index in [0.29, 0.717) is 11.7 Å². The van der Waals surface area contributed by atoms with Crippen LogP contribution in [0.15, 0.2) is 24.3 Å².